The molecule has 3 nitrogen and oxygen atoms in total. The molecule has 0 bridgehead atoms. The van der Waals surface area contributed by atoms with Crippen LogP contribution in [0.1, 0.15) is 57.4 Å². The van der Waals surface area contributed by atoms with Crippen molar-refractivity contribution in [1.82, 2.24) is 4.90 Å². The Hall–Kier alpha value is -1.42. The molecule has 2 aliphatic carbocycles. The zero-order chi connectivity index (χ0) is 21.6. The summed E-state index contributed by atoms with van der Waals surface area (Å²) >= 11 is 0. The Morgan fingerprint density at radius 3 is 2.60 bits per heavy atom. The Bertz CT molecular complexity index is 707. The van der Waals surface area contributed by atoms with Crippen LogP contribution in [-0.4, -0.2) is 47.5 Å². The summed E-state index contributed by atoms with van der Waals surface area (Å²) < 4.78 is 0. The van der Waals surface area contributed by atoms with Crippen molar-refractivity contribution in [1.29, 1.82) is 0 Å². The molecule has 1 aromatic rings. The van der Waals surface area contributed by atoms with Crippen molar-refractivity contribution < 1.29 is 10.2 Å². The van der Waals surface area contributed by atoms with Crippen LogP contribution < -0.4 is 0 Å². The highest BCUT2D eigenvalue weighted by Gasteiger charge is 2.43. The van der Waals surface area contributed by atoms with Gasteiger partial charge in [0.2, 0.25) is 0 Å². The van der Waals surface area contributed by atoms with E-state index in [1.807, 2.05) is 31.2 Å². The summed E-state index contributed by atoms with van der Waals surface area (Å²) in [6.07, 6.45) is 14.8. The smallest absolute Gasteiger partial charge is 0.0802 e. The molecule has 0 spiro atoms. The number of allylic oxidation sites excluding steroid dienone is 2. The first kappa shape index (κ1) is 23.2. The predicted octanol–water partition coefficient (Wildman–Crippen LogP) is 4.99. The standard InChI is InChI=1S/C27H41NO2/c1-27(30,15-13-21-10-6-4-7-11-21)16-14-24-25-19-22(18-23(25)20-26(24)29)12-8-5-9-17-28(2)3/h4,6-7,10-11,14,16,18,23-26,29-30H,5,8-9,12-13,15,17,19-20H2,1-3H3/b16-14+/t23-,24+,25-,26+,27-/m0/s1. The van der Waals surface area contributed by atoms with Crippen LogP contribution >= 0.6 is 0 Å². The van der Waals surface area contributed by atoms with Gasteiger partial charge in [0.05, 0.1) is 11.7 Å². The Morgan fingerprint density at radius 1 is 1.10 bits per heavy atom. The van der Waals surface area contributed by atoms with Crippen LogP contribution in [-0.2, 0) is 6.42 Å². The first-order valence-corrected chi connectivity index (χ1v) is 11.8. The highest BCUT2D eigenvalue weighted by Crippen LogP contribution is 2.48. The van der Waals surface area contributed by atoms with E-state index >= 15 is 0 Å². The Balaban J connectivity index is 1.47. The lowest BCUT2D eigenvalue weighted by Crippen LogP contribution is -2.24. The molecule has 3 heteroatoms. The van der Waals surface area contributed by atoms with Crippen LogP contribution in [0.5, 0.6) is 0 Å². The van der Waals surface area contributed by atoms with Crippen molar-refractivity contribution in [3.05, 3.63) is 59.7 Å². The van der Waals surface area contributed by atoms with Gasteiger partial charge in [0, 0.05) is 5.92 Å². The normalized spacial score (nSPS) is 28.1. The number of hydrogen-bond donors (Lipinski definition) is 2. The average Bonchev–Trinajstić information content (AvgIpc) is 3.21. The van der Waals surface area contributed by atoms with E-state index in [1.165, 1.54) is 37.8 Å². The van der Waals surface area contributed by atoms with Gasteiger partial charge in [-0.25, -0.2) is 0 Å². The van der Waals surface area contributed by atoms with Crippen LogP contribution in [0.3, 0.4) is 0 Å². The summed E-state index contributed by atoms with van der Waals surface area (Å²) in [7, 11) is 4.28. The maximum atomic E-state index is 10.8. The minimum Gasteiger partial charge on any atom is -0.392 e. The molecule has 0 radical (unpaired) electrons. The van der Waals surface area contributed by atoms with E-state index in [1.54, 1.807) is 5.57 Å². The van der Waals surface area contributed by atoms with Crippen molar-refractivity contribution in [3.63, 3.8) is 0 Å². The molecule has 2 aliphatic rings. The van der Waals surface area contributed by atoms with Crippen molar-refractivity contribution in [2.75, 3.05) is 20.6 Å². The zero-order valence-corrected chi connectivity index (χ0v) is 19.1. The van der Waals surface area contributed by atoms with Gasteiger partial charge in [-0.3, -0.25) is 0 Å². The minimum atomic E-state index is -0.838. The topological polar surface area (TPSA) is 43.7 Å². The number of aryl methyl sites for hydroxylation is 1. The van der Waals surface area contributed by atoms with Crippen molar-refractivity contribution in [2.24, 2.45) is 17.8 Å². The lowest BCUT2D eigenvalue weighted by atomic mass is 9.87. The summed E-state index contributed by atoms with van der Waals surface area (Å²) in [5, 5.41) is 21.5. The Labute approximate surface area is 183 Å². The summed E-state index contributed by atoms with van der Waals surface area (Å²) in [5.74, 6) is 1.19. The van der Waals surface area contributed by atoms with Crippen molar-refractivity contribution in [3.8, 4) is 0 Å². The largest absolute Gasteiger partial charge is 0.392 e. The third-order valence-electron chi connectivity index (χ3n) is 6.99. The van der Waals surface area contributed by atoms with Gasteiger partial charge in [-0.1, -0.05) is 60.6 Å². The number of fused-ring (bicyclic) bond motifs is 1. The molecule has 0 saturated heterocycles. The molecule has 5 atom stereocenters. The first-order chi connectivity index (χ1) is 14.3. The highest BCUT2D eigenvalue weighted by molar-refractivity contribution is 5.22. The van der Waals surface area contributed by atoms with E-state index in [4.69, 9.17) is 0 Å². The van der Waals surface area contributed by atoms with Gasteiger partial charge >= 0.3 is 0 Å². The van der Waals surface area contributed by atoms with Gasteiger partial charge in [-0.05, 0) is 89.9 Å². The first-order valence-electron chi connectivity index (χ1n) is 11.8. The molecule has 0 amide bonds. The van der Waals surface area contributed by atoms with E-state index in [0.717, 1.165) is 19.3 Å². The van der Waals surface area contributed by atoms with E-state index < -0.39 is 5.60 Å². The number of unbranched alkanes of at least 4 members (excludes halogenated alkanes) is 2. The molecule has 0 heterocycles. The lowest BCUT2D eigenvalue weighted by Gasteiger charge is -2.23. The molecular weight excluding hydrogens is 370 g/mol. The molecule has 3 rings (SSSR count). The quantitative estimate of drug-likeness (QED) is 0.398. The molecule has 1 saturated carbocycles. The molecule has 1 fully saturated rings. The van der Waals surface area contributed by atoms with Gasteiger partial charge < -0.3 is 15.1 Å². The van der Waals surface area contributed by atoms with Crippen LogP contribution in [0.15, 0.2) is 54.1 Å². The van der Waals surface area contributed by atoms with Gasteiger partial charge in [-0.15, -0.1) is 0 Å². The number of nitrogens with zero attached hydrogens (tertiary/aromatic N) is 1. The predicted molar refractivity (Wildman–Crippen MR) is 125 cm³/mol. The van der Waals surface area contributed by atoms with E-state index in [2.05, 4.69) is 43.3 Å². The molecule has 0 aliphatic heterocycles. The monoisotopic (exact) mass is 411 g/mol. The Morgan fingerprint density at radius 2 is 1.87 bits per heavy atom. The third kappa shape index (κ3) is 6.80. The molecular formula is C27H41NO2. The second-order valence-corrected chi connectivity index (χ2v) is 10.1. The SMILES string of the molecule is CN(C)CCCCCC1=C[C@H]2C[C@@H](O)[C@H](/C=C/[C@@](C)(O)CCc3ccccc3)[C@H]2C1. The third-order valence-corrected chi connectivity index (χ3v) is 6.99. The zero-order valence-electron chi connectivity index (χ0n) is 19.1. The molecule has 0 unspecified atom stereocenters. The Kier molecular flexibility index (Phi) is 8.33. The van der Waals surface area contributed by atoms with Crippen LogP contribution in [0, 0.1) is 17.8 Å². The fourth-order valence-corrected chi connectivity index (χ4v) is 5.19. The summed E-state index contributed by atoms with van der Waals surface area (Å²) in [5.41, 5.74) is 2.01. The van der Waals surface area contributed by atoms with Gasteiger partial charge in [0.15, 0.2) is 0 Å². The fraction of sp³-hybridized carbons (Fsp3) is 0.630. The molecule has 166 valence electrons. The molecule has 2 N–H and O–H groups in total. The van der Waals surface area contributed by atoms with Gasteiger partial charge in [0.1, 0.15) is 0 Å². The van der Waals surface area contributed by atoms with Crippen LogP contribution in [0.2, 0.25) is 0 Å². The summed E-state index contributed by atoms with van der Waals surface area (Å²) in [6.45, 7) is 3.06. The highest BCUT2D eigenvalue weighted by atomic mass is 16.3. The van der Waals surface area contributed by atoms with Crippen LogP contribution in [0.25, 0.3) is 0 Å². The van der Waals surface area contributed by atoms with Crippen molar-refractivity contribution >= 4 is 0 Å². The number of rotatable bonds is 11. The number of benzene rings is 1. The molecule has 30 heavy (non-hydrogen) atoms. The molecule has 1 aromatic carbocycles. The second kappa shape index (κ2) is 10.7. The van der Waals surface area contributed by atoms with E-state index in [9.17, 15) is 10.2 Å². The maximum Gasteiger partial charge on any atom is 0.0802 e. The van der Waals surface area contributed by atoms with Crippen LogP contribution in [0.4, 0.5) is 0 Å². The number of aliphatic hydroxyl groups excluding tert-OH is 1. The average molecular weight is 412 g/mol. The number of aliphatic hydroxyl groups is 2. The van der Waals surface area contributed by atoms with Gasteiger partial charge in [0.25, 0.3) is 0 Å². The maximum absolute atomic E-state index is 10.8. The van der Waals surface area contributed by atoms with E-state index in [0.29, 0.717) is 18.3 Å². The minimum absolute atomic E-state index is 0.167. The fourth-order valence-electron chi connectivity index (χ4n) is 5.19. The van der Waals surface area contributed by atoms with E-state index in [-0.39, 0.29) is 12.0 Å². The van der Waals surface area contributed by atoms with Crippen molar-refractivity contribution in [2.45, 2.75) is 70.0 Å². The summed E-state index contributed by atoms with van der Waals surface area (Å²) in [4.78, 5) is 2.26. The lowest BCUT2D eigenvalue weighted by molar-refractivity contribution is 0.0989. The van der Waals surface area contributed by atoms with Gasteiger partial charge in [-0.2, -0.15) is 0 Å². The molecule has 0 aromatic heterocycles. The summed E-state index contributed by atoms with van der Waals surface area (Å²) in [6, 6.07) is 10.3. The second-order valence-electron chi connectivity index (χ2n) is 10.1. The number of hydrogen-bond acceptors (Lipinski definition) is 3.